The number of alkyl halides is 3. The molecule has 2 rings (SSSR count). The van der Waals surface area contributed by atoms with Crippen molar-refractivity contribution in [3.63, 3.8) is 0 Å². The number of hydrazine groups is 1. The molecule has 5 heteroatoms. The minimum Gasteiger partial charge on any atom is -0.270 e. The van der Waals surface area contributed by atoms with Crippen molar-refractivity contribution in [2.24, 2.45) is 0 Å². The largest absolute Gasteiger partial charge is 0.475 e. The lowest BCUT2D eigenvalue weighted by molar-refractivity contribution is -0.156. The number of nitrogens with one attached hydrogen (secondary N) is 1. The van der Waals surface area contributed by atoms with Crippen LogP contribution in [0.2, 0.25) is 0 Å². The normalized spacial score (nSPS) is 11.3. The zero-order valence-electron chi connectivity index (χ0n) is 9.35. The van der Waals surface area contributed by atoms with Crippen LogP contribution in [-0.4, -0.2) is 6.30 Å². The lowest BCUT2D eigenvalue weighted by Crippen LogP contribution is -2.44. The van der Waals surface area contributed by atoms with Crippen LogP contribution in [0.1, 0.15) is 0 Å². The first kappa shape index (κ1) is 12.4. The van der Waals surface area contributed by atoms with Crippen LogP contribution >= 0.6 is 0 Å². The summed E-state index contributed by atoms with van der Waals surface area (Å²) >= 11 is 0. The molecule has 0 amide bonds. The number of para-hydroxylation sites is 2. The Balaban J connectivity index is 2.36. The lowest BCUT2D eigenvalue weighted by Gasteiger charge is -2.26. The van der Waals surface area contributed by atoms with E-state index in [-0.39, 0.29) is 0 Å². The van der Waals surface area contributed by atoms with Gasteiger partial charge in [-0.15, -0.1) is 5.43 Å². The van der Waals surface area contributed by atoms with E-state index in [9.17, 15) is 13.2 Å². The van der Waals surface area contributed by atoms with Crippen molar-refractivity contribution in [3.8, 4) is 0 Å². The van der Waals surface area contributed by atoms with Crippen LogP contribution in [0.15, 0.2) is 60.7 Å². The van der Waals surface area contributed by atoms with E-state index in [0.717, 1.165) is 5.01 Å². The molecular weight excluding hydrogens is 241 g/mol. The molecule has 0 unspecified atom stereocenters. The van der Waals surface area contributed by atoms with Gasteiger partial charge in [0, 0.05) is 0 Å². The molecule has 0 aliphatic rings. The topological polar surface area (TPSA) is 15.3 Å². The Morgan fingerprint density at radius 3 is 1.44 bits per heavy atom. The van der Waals surface area contributed by atoms with Gasteiger partial charge < -0.3 is 0 Å². The van der Waals surface area contributed by atoms with Gasteiger partial charge in [-0.2, -0.15) is 13.2 Å². The first-order valence-electron chi connectivity index (χ1n) is 5.31. The van der Waals surface area contributed by atoms with Gasteiger partial charge in [-0.1, -0.05) is 36.4 Å². The maximum atomic E-state index is 12.5. The molecule has 0 spiro atoms. The molecule has 1 N–H and O–H groups in total. The van der Waals surface area contributed by atoms with Gasteiger partial charge in [0.15, 0.2) is 0 Å². The second kappa shape index (κ2) is 5.10. The van der Waals surface area contributed by atoms with E-state index < -0.39 is 6.30 Å². The molecule has 0 fully saturated rings. The number of nitrogens with zero attached hydrogens (tertiary/aromatic N) is 1. The Labute approximate surface area is 103 Å². The fourth-order valence-electron chi connectivity index (χ4n) is 1.56. The molecule has 2 aromatic rings. The van der Waals surface area contributed by atoms with Crippen molar-refractivity contribution in [2.45, 2.75) is 6.30 Å². The highest BCUT2D eigenvalue weighted by molar-refractivity contribution is 5.61. The van der Waals surface area contributed by atoms with Crippen LogP contribution in [0.25, 0.3) is 0 Å². The minimum atomic E-state index is -4.49. The Bertz CT molecular complexity index is 443. The summed E-state index contributed by atoms with van der Waals surface area (Å²) in [5.41, 5.74) is 2.36. The van der Waals surface area contributed by atoms with Gasteiger partial charge in [0.2, 0.25) is 0 Å². The van der Waals surface area contributed by atoms with Gasteiger partial charge in [0.1, 0.15) is 0 Å². The number of hydrogen-bond donors (Lipinski definition) is 1. The molecule has 0 radical (unpaired) electrons. The van der Waals surface area contributed by atoms with E-state index >= 15 is 0 Å². The van der Waals surface area contributed by atoms with E-state index in [4.69, 9.17) is 0 Å². The fourth-order valence-corrected chi connectivity index (χ4v) is 1.56. The van der Waals surface area contributed by atoms with E-state index in [1.165, 1.54) is 5.43 Å². The smallest absolute Gasteiger partial charge is 0.270 e. The summed E-state index contributed by atoms with van der Waals surface area (Å²) in [6.07, 6.45) is -4.49. The molecule has 0 saturated carbocycles. The highest BCUT2D eigenvalue weighted by atomic mass is 19.4. The van der Waals surface area contributed by atoms with Gasteiger partial charge in [0.25, 0.3) is 0 Å². The van der Waals surface area contributed by atoms with Crippen LogP contribution in [0.3, 0.4) is 0 Å². The van der Waals surface area contributed by atoms with Crippen LogP contribution in [0.5, 0.6) is 0 Å². The second-order valence-corrected chi connectivity index (χ2v) is 3.62. The molecular formula is C13H11F3N2. The van der Waals surface area contributed by atoms with Gasteiger partial charge in [-0.05, 0) is 24.3 Å². The minimum absolute atomic E-state index is 0.418. The number of rotatable bonds is 3. The Kier molecular flexibility index (Phi) is 3.53. The third-order valence-electron chi connectivity index (χ3n) is 2.27. The Morgan fingerprint density at radius 2 is 1.11 bits per heavy atom. The molecule has 0 aliphatic carbocycles. The number of benzene rings is 2. The third kappa shape index (κ3) is 3.24. The number of anilines is 2. The predicted molar refractivity (Wildman–Crippen MR) is 64.2 cm³/mol. The predicted octanol–water partition coefficient (Wildman–Crippen LogP) is 3.85. The summed E-state index contributed by atoms with van der Waals surface area (Å²) in [7, 11) is 0. The molecule has 0 heterocycles. The molecule has 0 saturated heterocycles. The van der Waals surface area contributed by atoms with Crippen molar-refractivity contribution in [3.05, 3.63) is 60.7 Å². The molecule has 0 aliphatic heterocycles. The first-order chi connectivity index (χ1) is 8.56. The number of hydrogen-bond acceptors (Lipinski definition) is 2. The van der Waals surface area contributed by atoms with Gasteiger partial charge in [0.05, 0.1) is 11.4 Å². The van der Waals surface area contributed by atoms with Crippen molar-refractivity contribution in [2.75, 3.05) is 5.01 Å². The average Bonchev–Trinajstić information content (AvgIpc) is 2.37. The summed E-state index contributed by atoms with van der Waals surface area (Å²) in [6, 6.07) is 16.6. The maximum absolute atomic E-state index is 12.5. The SMILES string of the molecule is FC(F)(F)NN(c1ccccc1)c1ccccc1. The molecule has 0 bridgehead atoms. The molecule has 94 valence electrons. The van der Waals surface area contributed by atoms with Crippen molar-refractivity contribution < 1.29 is 13.2 Å². The molecule has 18 heavy (non-hydrogen) atoms. The van der Waals surface area contributed by atoms with E-state index in [0.29, 0.717) is 11.4 Å². The van der Waals surface area contributed by atoms with Crippen LogP contribution in [-0.2, 0) is 0 Å². The summed E-state index contributed by atoms with van der Waals surface area (Å²) in [5, 5.41) is 1.000. The second-order valence-electron chi connectivity index (χ2n) is 3.62. The summed E-state index contributed by atoms with van der Waals surface area (Å²) < 4.78 is 37.6. The standard InChI is InChI=1S/C13H11F3N2/c14-13(15,16)17-18(11-7-3-1-4-8-11)12-9-5-2-6-10-12/h1-10,17H. The van der Waals surface area contributed by atoms with E-state index in [1.807, 2.05) is 0 Å². The Morgan fingerprint density at radius 1 is 0.722 bits per heavy atom. The van der Waals surface area contributed by atoms with Crippen LogP contribution in [0, 0.1) is 0 Å². The zero-order valence-corrected chi connectivity index (χ0v) is 9.35. The summed E-state index contributed by atoms with van der Waals surface area (Å²) in [6.45, 7) is 0. The quantitative estimate of drug-likeness (QED) is 0.659. The molecule has 0 atom stereocenters. The Hall–Kier alpha value is -2.01. The maximum Gasteiger partial charge on any atom is 0.475 e. The highest BCUT2D eigenvalue weighted by Crippen LogP contribution is 2.25. The third-order valence-corrected chi connectivity index (χ3v) is 2.27. The van der Waals surface area contributed by atoms with Crippen molar-refractivity contribution in [1.82, 2.24) is 5.43 Å². The summed E-state index contributed by atoms with van der Waals surface area (Å²) in [5.74, 6) is 0. The van der Waals surface area contributed by atoms with Gasteiger partial charge >= 0.3 is 6.30 Å². The summed E-state index contributed by atoms with van der Waals surface area (Å²) in [4.78, 5) is 0. The van der Waals surface area contributed by atoms with Crippen LogP contribution in [0.4, 0.5) is 24.5 Å². The molecule has 2 nitrogen and oxygen atoms in total. The average molecular weight is 252 g/mol. The molecule has 2 aromatic carbocycles. The van der Waals surface area contributed by atoms with E-state index in [1.54, 1.807) is 60.7 Å². The first-order valence-corrected chi connectivity index (χ1v) is 5.31. The highest BCUT2D eigenvalue weighted by Gasteiger charge is 2.31. The van der Waals surface area contributed by atoms with Crippen LogP contribution < -0.4 is 10.4 Å². The molecule has 0 aromatic heterocycles. The zero-order chi connectivity index (χ0) is 13.0. The lowest BCUT2D eigenvalue weighted by atomic mass is 10.2. The van der Waals surface area contributed by atoms with Crippen molar-refractivity contribution in [1.29, 1.82) is 0 Å². The van der Waals surface area contributed by atoms with Crippen molar-refractivity contribution >= 4 is 11.4 Å². The fraction of sp³-hybridized carbons (Fsp3) is 0.0769. The van der Waals surface area contributed by atoms with Gasteiger partial charge in [-0.3, -0.25) is 5.01 Å². The van der Waals surface area contributed by atoms with E-state index in [2.05, 4.69) is 0 Å². The number of halogens is 3. The van der Waals surface area contributed by atoms with Gasteiger partial charge in [-0.25, -0.2) is 0 Å². The monoisotopic (exact) mass is 252 g/mol.